The molecule has 1 rings (SSSR count). The van der Waals surface area contributed by atoms with Crippen LogP contribution in [0.2, 0.25) is 5.02 Å². The number of hydrogen-bond donors (Lipinski definition) is 3. The summed E-state index contributed by atoms with van der Waals surface area (Å²) in [4.78, 5) is 21.1. The summed E-state index contributed by atoms with van der Waals surface area (Å²) >= 11 is 5.68. The van der Waals surface area contributed by atoms with E-state index < -0.39 is 28.3 Å². The molecule has 0 aliphatic carbocycles. The van der Waals surface area contributed by atoms with E-state index in [2.05, 4.69) is 5.32 Å². The van der Waals surface area contributed by atoms with Gasteiger partial charge in [-0.25, -0.2) is 13.6 Å². The van der Waals surface area contributed by atoms with Gasteiger partial charge in [0.25, 0.3) is 0 Å². The van der Waals surface area contributed by atoms with Crippen LogP contribution in [0, 0.1) is 0 Å². The first-order valence-electron chi connectivity index (χ1n) is 4.54. The molecule has 0 spiro atoms. The lowest BCUT2D eigenvalue weighted by Gasteiger charge is -2.06. The molecule has 4 N–H and O–H groups in total. The number of amides is 1. The summed E-state index contributed by atoms with van der Waals surface area (Å²) in [6, 6.07) is 3.54. The minimum absolute atomic E-state index is 0.161. The molecule has 0 fully saturated rings. The highest BCUT2D eigenvalue weighted by Gasteiger charge is 2.14. The maximum absolute atomic E-state index is 11.1. The van der Waals surface area contributed by atoms with E-state index in [0.717, 1.165) is 6.07 Å². The Balaban J connectivity index is 2.92. The summed E-state index contributed by atoms with van der Waals surface area (Å²) in [5.74, 6) is -2.03. The summed E-state index contributed by atoms with van der Waals surface area (Å²) < 4.78 is 22.1. The smallest absolute Gasteiger partial charge is 0.312 e. The lowest BCUT2D eigenvalue weighted by atomic mass is 10.3. The van der Waals surface area contributed by atoms with Gasteiger partial charge in [-0.15, -0.1) is 0 Å². The number of carboxylic acids is 1. The van der Waals surface area contributed by atoms with Gasteiger partial charge in [0.05, 0.1) is 5.02 Å². The molecule has 98 valence electrons. The molecule has 0 bridgehead atoms. The number of rotatable bonds is 4. The summed E-state index contributed by atoms with van der Waals surface area (Å²) in [7, 11) is -3.94. The summed E-state index contributed by atoms with van der Waals surface area (Å²) in [5.41, 5.74) is 0.179. The van der Waals surface area contributed by atoms with Crippen molar-refractivity contribution in [3.63, 3.8) is 0 Å². The number of nitrogens with two attached hydrogens (primary N) is 1. The van der Waals surface area contributed by atoms with Crippen molar-refractivity contribution in [2.45, 2.75) is 11.3 Å². The number of nitrogens with one attached hydrogen (secondary N) is 1. The average Bonchev–Trinajstić information content (AvgIpc) is 2.13. The van der Waals surface area contributed by atoms with Crippen LogP contribution in [0.3, 0.4) is 0 Å². The van der Waals surface area contributed by atoms with Crippen LogP contribution in [-0.2, 0) is 19.6 Å². The van der Waals surface area contributed by atoms with Crippen molar-refractivity contribution >= 4 is 39.2 Å². The topological polar surface area (TPSA) is 127 Å². The molecule has 0 saturated heterocycles. The number of hydrogen-bond acceptors (Lipinski definition) is 4. The highest BCUT2D eigenvalue weighted by molar-refractivity contribution is 7.89. The van der Waals surface area contributed by atoms with Gasteiger partial charge in [0.2, 0.25) is 15.9 Å². The number of anilines is 1. The molecular formula is C9H9ClN2O5S. The highest BCUT2D eigenvalue weighted by Crippen LogP contribution is 2.24. The molecule has 0 unspecified atom stereocenters. The number of primary sulfonamides is 1. The van der Waals surface area contributed by atoms with E-state index in [1.54, 1.807) is 0 Å². The Morgan fingerprint density at radius 3 is 2.44 bits per heavy atom. The number of sulfonamides is 1. The van der Waals surface area contributed by atoms with E-state index in [0.29, 0.717) is 0 Å². The Morgan fingerprint density at radius 2 is 2.00 bits per heavy atom. The zero-order chi connectivity index (χ0) is 13.9. The van der Waals surface area contributed by atoms with Crippen LogP contribution in [0.4, 0.5) is 5.69 Å². The van der Waals surface area contributed by atoms with Gasteiger partial charge < -0.3 is 10.4 Å². The molecule has 0 aliphatic heterocycles. The van der Waals surface area contributed by atoms with Crippen molar-refractivity contribution in [3.8, 4) is 0 Å². The van der Waals surface area contributed by atoms with Crippen molar-refractivity contribution in [1.29, 1.82) is 0 Å². The second-order valence-electron chi connectivity index (χ2n) is 3.31. The lowest BCUT2D eigenvalue weighted by Crippen LogP contribution is -2.16. The molecule has 1 amide bonds. The Hall–Kier alpha value is -1.64. The fourth-order valence-corrected chi connectivity index (χ4v) is 2.24. The molecule has 9 heteroatoms. The standard InChI is InChI=1S/C9H9ClN2O5S/c10-6-3-5(12-8(13)4-9(14)15)1-2-7(6)18(11,16)17/h1-3H,4H2,(H,12,13)(H,14,15)(H2,11,16,17). The number of halogens is 1. The molecule has 0 aromatic heterocycles. The van der Waals surface area contributed by atoms with Gasteiger partial charge in [-0.2, -0.15) is 0 Å². The van der Waals surface area contributed by atoms with Crippen molar-refractivity contribution in [1.82, 2.24) is 0 Å². The molecule has 1 aromatic rings. The molecule has 0 aliphatic rings. The van der Waals surface area contributed by atoms with Crippen LogP contribution >= 0.6 is 11.6 Å². The molecule has 18 heavy (non-hydrogen) atoms. The van der Waals surface area contributed by atoms with Gasteiger partial charge in [0, 0.05) is 5.69 Å². The molecule has 1 aromatic carbocycles. The summed E-state index contributed by atoms with van der Waals surface area (Å²) in [6.07, 6.45) is -0.700. The minimum atomic E-state index is -3.94. The third-order valence-corrected chi connectivity index (χ3v) is 3.23. The highest BCUT2D eigenvalue weighted by atomic mass is 35.5. The maximum Gasteiger partial charge on any atom is 0.312 e. The Bertz CT molecular complexity index is 599. The number of benzene rings is 1. The third kappa shape index (κ3) is 3.99. The molecule has 0 heterocycles. The Kier molecular flexibility index (Phi) is 4.28. The van der Waals surface area contributed by atoms with Crippen LogP contribution in [0.15, 0.2) is 23.1 Å². The van der Waals surface area contributed by atoms with Crippen LogP contribution in [0.25, 0.3) is 0 Å². The molecule has 7 nitrogen and oxygen atoms in total. The fraction of sp³-hybridized carbons (Fsp3) is 0.111. The first kappa shape index (κ1) is 14.4. The first-order valence-corrected chi connectivity index (χ1v) is 6.46. The second-order valence-corrected chi connectivity index (χ2v) is 5.25. The maximum atomic E-state index is 11.1. The predicted octanol–water partition coefficient (Wildman–Crippen LogP) is 0.401. The van der Waals surface area contributed by atoms with E-state index in [9.17, 15) is 18.0 Å². The van der Waals surface area contributed by atoms with Crippen molar-refractivity contribution < 1.29 is 23.1 Å². The van der Waals surface area contributed by atoms with E-state index in [-0.39, 0.29) is 15.6 Å². The van der Waals surface area contributed by atoms with Crippen molar-refractivity contribution in [2.75, 3.05) is 5.32 Å². The molecule has 0 atom stereocenters. The Labute approximate surface area is 108 Å². The van der Waals surface area contributed by atoms with E-state index in [4.69, 9.17) is 21.8 Å². The monoisotopic (exact) mass is 292 g/mol. The normalized spacial score (nSPS) is 11.0. The largest absolute Gasteiger partial charge is 0.481 e. The van der Waals surface area contributed by atoms with Crippen LogP contribution < -0.4 is 10.5 Å². The zero-order valence-electron chi connectivity index (χ0n) is 8.88. The second kappa shape index (κ2) is 5.34. The van der Waals surface area contributed by atoms with Crippen LogP contribution in [0.1, 0.15) is 6.42 Å². The lowest BCUT2D eigenvalue weighted by molar-refractivity contribution is -0.139. The van der Waals surface area contributed by atoms with Crippen molar-refractivity contribution in [2.24, 2.45) is 5.14 Å². The van der Waals surface area contributed by atoms with Gasteiger partial charge in [-0.3, -0.25) is 9.59 Å². The third-order valence-electron chi connectivity index (χ3n) is 1.83. The minimum Gasteiger partial charge on any atom is -0.481 e. The number of carboxylic acid groups (broad SMARTS) is 1. The van der Waals surface area contributed by atoms with E-state index in [1.165, 1.54) is 12.1 Å². The summed E-state index contributed by atoms with van der Waals surface area (Å²) in [6.45, 7) is 0. The molecule has 0 saturated carbocycles. The van der Waals surface area contributed by atoms with Gasteiger partial charge in [-0.05, 0) is 18.2 Å². The molecule has 0 radical (unpaired) electrons. The number of carbonyl (C=O) groups excluding carboxylic acids is 1. The molecular weight excluding hydrogens is 284 g/mol. The average molecular weight is 293 g/mol. The van der Waals surface area contributed by atoms with Gasteiger partial charge in [0.1, 0.15) is 11.3 Å². The fourth-order valence-electron chi connectivity index (χ4n) is 1.15. The van der Waals surface area contributed by atoms with Gasteiger partial charge in [-0.1, -0.05) is 11.6 Å². The van der Waals surface area contributed by atoms with Gasteiger partial charge in [0.15, 0.2) is 0 Å². The Morgan fingerprint density at radius 1 is 1.39 bits per heavy atom. The van der Waals surface area contributed by atoms with E-state index in [1.807, 2.05) is 0 Å². The first-order chi connectivity index (χ1) is 8.20. The van der Waals surface area contributed by atoms with Crippen molar-refractivity contribution in [3.05, 3.63) is 23.2 Å². The predicted molar refractivity (Wildman–Crippen MR) is 63.7 cm³/mol. The SMILES string of the molecule is NS(=O)(=O)c1ccc(NC(=O)CC(=O)O)cc1Cl. The van der Waals surface area contributed by atoms with E-state index >= 15 is 0 Å². The number of aliphatic carboxylic acids is 1. The van der Waals surface area contributed by atoms with Crippen LogP contribution in [0.5, 0.6) is 0 Å². The van der Waals surface area contributed by atoms with Gasteiger partial charge >= 0.3 is 5.97 Å². The summed E-state index contributed by atoms with van der Waals surface area (Å²) in [5, 5.41) is 15.4. The quantitative estimate of drug-likeness (QED) is 0.692. The zero-order valence-corrected chi connectivity index (χ0v) is 10.5. The van der Waals surface area contributed by atoms with Crippen LogP contribution in [-0.4, -0.2) is 25.4 Å². The number of carbonyl (C=O) groups is 2.